The van der Waals surface area contributed by atoms with Crippen molar-refractivity contribution < 1.29 is 14.2 Å². The molecule has 0 atom stereocenters. The molecule has 5 rings (SSSR count). The largest absolute Gasteiger partial charge is 0.453 e. The van der Waals surface area contributed by atoms with Crippen LogP contribution < -0.4 is 10.1 Å². The minimum absolute atomic E-state index is 0.333. The van der Waals surface area contributed by atoms with E-state index in [1.54, 1.807) is 68.7 Å². The molecule has 1 fully saturated rings. The van der Waals surface area contributed by atoms with Crippen LogP contribution in [0.15, 0.2) is 67.1 Å². The molecule has 0 bridgehead atoms. The normalized spacial score (nSPS) is 13.7. The second-order valence-electron chi connectivity index (χ2n) is 8.63. The Balaban J connectivity index is 1.42. The fourth-order valence-electron chi connectivity index (χ4n) is 3.48. The van der Waals surface area contributed by atoms with E-state index in [2.05, 4.69) is 20.4 Å². The Morgan fingerprint density at radius 2 is 1.88 bits per heavy atom. The summed E-state index contributed by atoms with van der Waals surface area (Å²) in [6, 6.07) is 13.9. The van der Waals surface area contributed by atoms with Crippen molar-refractivity contribution in [3.05, 3.63) is 78.6 Å². The van der Waals surface area contributed by atoms with E-state index in [1.165, 1.54) is 6.07 Å². The maximum Gasteiger partial charge on any atom is 0.173 e. The Labute approximate surface area is 190 Å². The van der Waals surface area contributed by atoms with E-state index in [0.717, 1.165) is 18.5 Å². The summed E-state index contributed by atoms with van der Waals surface area (Å²) in [6.45, 7) is 3.36. The van der Waals surface area contributed by atoms with Crippen molar-refractivity contribution in [3.63, 3.8) is 0 Å². The summed E-state index contributed by atoms with van der Waals surface area (Å²) in [6.07, 6.45) is 7.19. The van der Waals surface area contributed by atoms with E-state index in [-0.39, 0.29) is 5.82 Å². The highest BCUT2D eigenvalue weighted by Crippen LogP contribution is 2.40. The lowest BCUT2D eigenvalue weighted by molar-refractivity contribution is 0.0739. The highest BCUT2D eigenvalue weighted by atomic mass is 19.1. The van der Waals surface area contributed by atoms with Gasteiger partial charge >= 0.3 is 0 Å². The van der Waals surface area contributed by atoms with Crippen molar-refractivity contribution in [2.24, 2.45) is 0 Å². The van der Waals surface area contributed by atoms with Crippen LogP contribution in [-0.4, -0.2) is 24.9 Å². The second-order valence-corrected chi connectivity index (χ2v) is 8.63. The average Bonchev–Trinajstić information content (AvgIpc) is 3.55. The van der Waals surface area contributed by atoms with E-state index in [4.69, 9.17) is 4.74 Å². The molecule has 3 aromatic heterocycles. The molecular formula is C25H24FN5O2. The summed E-state index contributed by atoms with van der Waals surface area (Å²) >= 11 is 0. The number of benzene rings is 1. The molecule has 1 aromatic carbocycles. The van der Waals surface area contributed by atoms with Crippen LogP contribution in [0.5, 0.6) is 11.5 Å². The van der Waals surface area contributed by atoms with Crippen LogP contribution in [0.4, 0.5) is 15.9 Å². The molecule has 1 saturated carbocycles. The number of hydrogen-bond acceptors (Lipinski definition) is 6. The van der Waals surface area contributed by atoms with Crippen molar-refractivity contribution in [3.8, 4) is 22.8 Å². The van der Waals surface area contributed by atoms with Crippen LogP contribution in [0, 0.1) is 5.82 Å². The smallest absolute Gasteiger partial charge is 0.173 e. The Hall–Kier alpha value is -3.78. The van der Waals surface area contributed by atoms with Crippen LogP contribution in [0.3, 0.4) is 0 Å². The highest BCUT2D eigenvalue weighted by molar-refractivity contribution is 5.67. The molecule has 0 unspecified atom stereocenters. The maximum absolute atomic E-state index is 14.5. The zero-order valence-electron chi connectivity index (χ0n) is 18.4. The molecule has 4 aromatic rings. The molecule has 0 aliphatic heterocycles. The van der Waals surface area contributed by atoms with Crippen molar-refractivity contribution >= 4 is 11.5 Å². The number of rotatable bonds is 7. The van der Waals surface area contributed by atoms with Crippen molar-refractivity contribution in [1.29, 1.82) is 0 Å². The van der Waals surface area contributed by atoms with Gasteiger partial charge in [-0.3, -0.25) is 9.67 Å². The lowest BCUT2D eigenvalue weighted by Crippen LogP contribution is -2.17. The summed E-state index contributed by atoms with van der Waals surface area (Å²) in [5.74, 6) is 1.23. The third-order valence-corrected chi connectivity index (χ3v) is 5.37. The zero-order valence-corrected chi connectivity index (χ0v) is 18.4. The predicted molar refractivity (Wildman–Crippen MR) is 123 cm³/mol. The first-order chi connectivity index (χ1) is 15.9. The quantitative estimate of drug-likeness (QED) is 0.386. The van der Waals surface area contributed by atoms with Gasteiger partial charge in [0.1, 0.15) is 28.7 Å². The molecule has 0 saturated heterocycles. The number of aromatic nitrogens is 4. The van der Waals surface area contributed by atoms with E-state index >= 15 is 0 Å². The molecule has 168 valence electrons. The van der Waals surface area contributed by atoms with Crippen molar-refractivity contribution in [2.45, 2.75) is 38.3 Å². The number of aliphatic hydroxyl groups is 1. The van der Waals surface area contributed by atoms with Crippen LogP contribution in [0.1, 0.15) is 38.4 Å². The number of nitrogens with one attached hydrogen (secondary N) is 1. The highest BCUT2D eigenvalue weighted by Gasteiger charge is 2.27. The number of halogens is 1. The first-order valence-corrected chi connectivity index (χ1v) is 10.8. The Kier molecular flexibility index (Phi) is 5.30. The average molecular weight is 445 g/mol. The summed E-state index contributed by atoms with van der Waals surface area (Å²) in [5.41, 5.74) is 1.09. The van der Waals surface area contributed by atoms with E-state index in [9.17, 15) is 9.50 Å². The van der Waals surface area contributed by atoms with Gasteiger partial charge in [-0.05, 0) is 57.0 Å². The Bertz CT molecular complexity index is 1290. The first-order valence-electron chi connectivity index (χ1n) is 10.8. The number of ether oxygens (including phenoxy) is 1. The molecule has 1 aliphatic carbocycles. The van der Waals surface area contributed by atoms with Crippen LogP contribution >= 0.6 is 0 Å². The monoisotopic (exact) mass is 445 g/mol. The third kappa shape index (κ3) is 4.70. The molecule has 1 aliphatic rings. The number of nitrogens with zero attached hydrogens (tertiary/aromatic N) is 4. The van der Waals surface area contributed by atoms with Gasteiger partial charge in [-0.15, -0.1) is 0 Å². The van der Waals surface area contributed by atoms with Crippen LogP contribution in [0.25, 0.3) is 11.3 Å². The molecule has 33 heavy (non-hydrogen) atoms. The maximum atomic E-state index is 14.5. The summed E-state index contributed by atoms with van der Waals surface area (Å²) in [7, 11) is 0. The second kappa shape index (κ2) is 8.29. The molecule has 8 heteroatoms. The number of anilines is 2. The molecule has 0 amide bonds. The van der Waals surface area contributed by atoms with E-state index < -0.39 is 5.60 Å². The zero-order chi connectivity index (χ0) is 23.0. The fraction of sp³-hybridized carbons (Fsp3) is 0.240. The van der Waals surface area contributed by atoms with Gasteiger partial charge in [0.2, 0.25) is 0 Å². The summed E-state index contributed by atoms with van der Waals surface area (Å²) < 4.78 is 22.5. The Morgan fingerprint density at radius 1 is 1.09 bits per heavy atom. The lowest BCUT2D eigenvalue weighted by atomic mass is 10.0. The molecular weight excluding hydrogens is 421 g/mol. The summed E-state index contributed by atoms with van der Waals surface area (Å²) in [5, 5.41) is 18.0. The van der Waals surface area contributed by atoms with Gasteiger partial charge in [-0.2, -0.15) is 5.10 Å². The van der Waals surface area contributed by atoms with Crippen LogP contribution in [-0.2, 0) is 5.60 Å². The minimum Gasteiger partial charge on any atom is -0.453 e. The molecule has 0 radical (unpaired) electrons. The van der Waals surface area contributed by atoms with Gasteiger partial charge in [0, 0.05) is 29.7 Å². The SMILES string of the molecule is CC(C)(O)c1cc(Nc2cc(Oc3cn(C4CC4)nc3-c3ccccc3F)ccn2)ccn1. The molecule has 2 N–H and O–H groups in total. The van der Waals surface area contributed by atoms with Gasteiger partial charge in [0.05, 0.1) is 17.9 Å². The lowest BCUT2D eigenvalue weighted by Gasteiger charge is -2.17. The molecule has 0 spiro atoms. The Morgan fingerprint density at radius 3 is 2.64 bits per heavy atom. The van der Waals surface area contributed by atoms with Gasteiger partial charge in [-0.1, -0.05) is 12.1 Å². The first kappa shape index (κ1) is 21.1. The standard InChI is InChI=1S/C25H24FN5O2/c1-25(2,32)22-13-16(9-11-27-22)29-23-14-18(10-12-28-23)33-21-15-31(17-7-8-17)30-24(21)19-5-3-4-6-20(19)26/h3-6,9-15,17,32H,7-8H2,1-2H3,(H,27,28,29). The summed E-state index contributed by atoms with van der Waals surface area (Å²) in [4.78, 5) is 8.57. The topological polar surface area (TPSA) is 85.1 Å². The van der Waals surface area contributed by atoms with E-state index in [1.807, 2.05) is 10.9 Å². The third-order valence-electron chi connectivity index (χ3n) is 5.37. The fourth-order valence-corrected chi connectivity index (χ4v) is 3.48. The van der Waals surface area contributed by atoms with Gasteiger partial charge in [-0.25, -0.2) is 9.37 Å². The number of pyridine rings is 2. The molecule has 7 nitrogen and oxygen atoms in total. The van der Waals surface area contributed by atoms with Crippen molar-refractivity contribution in [2.75, 3.05) is 5.32 Å². The van der Waals surface area contributed by atoms with Crippen LogP contribution in [0.2, 0.25) is 0 Å². The predicted octanol–water partition coefficient (Wildman–Crippen LogP) is 5.58. The van der Waals surface area contributed by atoms with E-state index in [0.29, 0.717) is 40.3 Å². The van der Waals surface area contributed by atoms with Crippen molar-refractivity contribution in [1.82, 2.24) is 19.7 Å². The minimum atomic E-state index is -1.05. The number of hydrogen-bond donors (Lipinski definition) is 2. The van der Waals surface area contributed by atoms with Gasteiger partial charge in [0.25, 0.3) is 0 Å². The molecule has 3 heterocycles. The van der Waals surface area contributed by atoms with Gasteiger partial charge in [0.15, 0.2) is 5.75 Å². The van der Waals surface area contributed by atoms with Gasteiger partial charge < -0.3 is 15.2 Å².